The maximum Gasteiger partial charge on any atom is 0.240 e. The van der Waals surface area contributed by atoms with E-state index in [2.05, 4.69) is 11.1 Å². The van der Waals surface area contributed by atoms with Crippen LogP contribution in [-0.4, -0.2) is 28.0 Å². The fraction of sp³-hybridized carbons (Fsp3) is 0.400. The van der Waals surface area contributed by atoms with Crippen molar-refractivity contribution in [3.63, 3.8) is 0 Å². The highest BCUT2D eigenvalue weighted by Crippen LogP contribution is 2.61. The summed E-state index contributed by atoms with van der Waals surface area (Å²) < 4.78 is 6.14. The van der Waals surface area contributed by atoms with E-state index in [1.165, 1.54) is 4.90 Å². The molecule has 26 heavy (non-hydrogen) atoms. The molecule has 6 nitrogen and oxygen atoms in total. The largest absolute Gasteiger partial charge is 0.367 e. The average Bonchev–Trinajstić information content (AvgIpc) is 3.18. The minimum absolute atomic E-state index is 0.208. The van der Waals surface area contributed by atoms with Crippen LogP contribution in [0.5, 0.6) is 0 Å². The Kier molecular flexibility index (Phi) is 2.79. The number of hydrogen-bond donors (Lipinski definition) is 0. The Labute approximate surface area is 150 Å². The Morgan fingerprint density at radius 2 is 1.81 bits per heavy atom. The Hall–Kier alpha value is -2.78. The number of nitrogens with zero attached hydrogens (tertiary/aromatic N) is 3. The summed E-state index contributed by atoms with van der Waals surface area (Å²) in [6.07, 6.45) is 3.17. The number of pyridine rings is 1. The number of aromatic nitrogens is 1. The van der Waals surface area contributed by atoms with Gasteiger partial charge in [-0.15, -0.1) is 0 Å². The monoisotopic (exact) mass is 347 g/mol. The molecule has 0 N–H and O–H groups in total. The van der Waals surface area contributed by atoms with E-state index in [0.29, 0.717) is 22.2 Å². The van der Waals surface area contributed by atoms with E-state index in [9.17, 15) is 14.9 Å². The first-order valence-electron chi connectivity index (χ1n) is 8.75. The van der Waals surface area contributed by atoms with Crippen LogP contribution < -0.4 is 4.90 Å². The number of fused-ring (bicyclic) bond motifs is 6. The summed E-state index contributed by atoms with van der Waals surface area (Å²) in [6, 6.07) is 8.95. The second-order valence-corrected chi connectivity index (χ2v) is 7.84. The van der Waals surface area contributed by atoms with Crippen molar-refractivity contribution in [1.29, 1.82) is 5.26 Å². The molecule has 1 aromatic heterocycles. The molecule has 0 aliphatic carbocycles. The highest BCUT2D eigenvalue weighted by atomic mass is 16.5. The molecule has 6 heteroatoms. The highest BCUT2D eigenvalue weighted by Gasteiger charge is 2.72. The molecule has 2 bridgehead atoms. The first-order valence-corrected chi connectivity index (χ1v) is 8.75. The molecule has 2 aromatic rings. The number of benzene rings is 1. The SMILES string of the molecule is CC12CCC(C)(O1)C1C(=O)N(c3ccc(C#N)c4ncccc34)C(=O)C12. The fourth-order valence-electron chi connectivity index (χ4n) is 5.15. The second kappa shape index (κ2) is 4.68. The van der Waals surface area contributed by atoms with Crippen molar-refractivity contribution < 1.29 is 14.3 Å². The van der Waals surface area contributed by atoms with Gasteiger partial charge in [0.05, 0.1) is 39.8 Å². The summed E-state index contributed by atoms with van der Waals surface area (Å²) in [5.41, 5.74) is 0.263. The second-order valence-electron chi connectivity index (χ2n) is 7.84. The van der Waals surface area contributed by atoms with Crippen LogP contribution in [0.15, 0.2) is 30.5 Å². The van der Waals surface area contributed by atoms with Gasteiger partial charge in [-0.3, -0.25) is 14.6 Å². The van der Waals surface area contributed by atoms with Gasteiger partial charge in [0, 0.05) is 11.6 Å². The molecule has 4 atom stereocenters. The molecule has 0 spiro atoms. The third-order valence-corrected chi connectivity index (χ3v) is 6.31. The number of carbonyl (C=O) groups excluding carboxylic acids is 2. The lowest BCUT2D eigenvalue weighted by atomic mass is 9.69. The molecule has 4 heterocycles. The Bertz CT molecular complexity index is 1010. The molecule has 1 aromatic carbocycles. The lowest BCUT2D eigenvalue weighted by Crippen LogP contribution is -2.40. The van der Waals surface area contributed by atoms with E-state index in [1.807, 2.05) is 13.8 Å². The zero-order valence-electron chi connectivity index (χ0n) is 14.5. The molecule has 3 aliphatic rings. The third-order valence-electron chi connectivity index (χ3n) is 6.31. The van der Waals surface area contributed by atoms with Crippen LogP contribution in [0.1, 0.15) is 32.3 Å². The summed E-state index contributed by atoms with van der Waals surface area (Å²) in [5, 5.41) is 9.95. The summed E-state index contributed by atoms with van der Waals surface area (Å²) in [6.45, 7) is 3.88. The van der Waals surface area contributed by atoms with Crippen molar-refractivity contribution in [3.8, 4) is 6.07 Å². The fourth-order valence-corrected chi connectivity index (χ4v) is 5.15. The molecule has 4 unspecified atom stereocenters. The lowest BCUT2D eigenvalue weighted by molar-refractivity contribution is -0.129. The Balaban J connectivity index is 1.70. The number of anilines is 1. The van der Waals surface area contributed by atoms with Gasteiger partial charge < -0.3 is 4.74 Å². The zero-order valence-corrected chi connectivity index (χ0v) is 14.5. The third kappa shape index (κ3) is 1.66. The van der Waals surface area contributed by atoms with Crippen LogP contribution in [0.3, 0.4) is 0 Å². The average molecular weight is 347 g/mol. The van der Waals surface area contributed by atoms with E-state index >= 15 is 0 Å². The topological polar surface area (TPSA) is 83.3 Å². The van der Waals surface area contributed by atoms with Crippen molar-refractivity contribution in [3.05, 3.63) is 36.0 Å². The lowest BCUT2D eigenvalue weighted by Gasteiger charge is -2.27. The number of hydrogen-bond acceptors (Lipinski definition) is 5. The first kappa shape index (κ1) is 15.5. The van der Waals surface area contributed by atoms with Gasteiger partial charge in [-0.1, -0.05) is 0 Å². The van der Waals surface area contributed by atoms with Crippen molar-refractivity contribution in [2.45, 2.75) is 37.9 Å². The number of ether oxygens (including phenoxy) is 1. The van der Waals surface area contributed by atoms with Gasteiger partial charge in [0.2, 0.25) is 11.8 Å². The summed E-state index contributed by atoms with van der Waals surface area (Å²) >= 11 is 0. The standard InChI is InChI=1S/C20H17N3O3/c1-19-7-8-20(2,26-19)15-14(19)17(24)23(18(15)25)13-6-5-11(10-21)16-12(13)4-3-9-22-16/h3-6,9,14-15H,7-8H2,1-2H3. The van der Waals surface area contributed by atoms with Crippen molar-refractivity contribution in [1.82, 2.24) is 4.98 Å². The number of nitriles is 1. The van der Waals surface area contributed by atoms with Gasteiger partial charge in [0.15, 0.2) is 0 Å². The molecule has 0 saturated carbocycles. The van der Waals surface area contributed by atoms with E-state index in [1.54, 1.807) is 30.5 Å². The number of rotatable bonds is 1. The van der Waals surface area contributed by atoms with Crippen LogP contribution in [0.25, 0.3) is 10.9 Å². The smallest absolute Gasteiger partial charge is 0.240 e. The molecule has 5 rings (SSSR count). The molecule has 0 radical (unpaired) electrons. The highest BCUT2D eigenvalue weighted by molar-refractivity contribution is 6.26. The maximum atomic E-state index is 13.3. The zero-order chi connectivity index (χ0) is 18.3. The van der Waals surface area contributed by atoms with Gasteiger partial charge in [-0.2, -0.15) is 5.26 Å². The number of imide groups is 1. The van der Waals surface area contributed by atoms with Gasteiger partial charge in [-0.05, 0) is 51.0 Å². The van der Waals surface area contributed by atoms with Gasteiger partial charge in [0.1, 0.15) is 6.07 Å². The number of carbonyl (C=O) groups is 2. The Morgan fingerprint density at radius 3 is 2.42 bits per heavy atom. The van der Waals surface area contributed by atoms with Crippen LogP contribution in [-0.2, 0) is 14.3 Å². The maximum absolute atomic E-state index is 13.3. The minimum Gasteiger partial charge on any atom is -0.367 e. The van der Waals surface area contributed by atoms with E-state index in [4.69, 9.17) is 4.74 Å². The Morgan fingerprint density at radius 1 is 1.15 bits per heavy atom. The molecule has 2 amide bonds. The van der Waals surface area contributed by atoms with Crippen molar-refractivity contribution >= 4 is 28.4 Å². The van der Waals surface area contributed by atoms with Crippen LogP contribution >= 0.6 is 0 Å². The predicted octanol–water partition coefficient (Wildman–Crippen LogP) is 2.55. The molecular weight excluding hydrogens is 330 g/mol. The van der Waals surface area contributed by atoms with Gasteiger partial charge in [0.25, 0.3) is 0 Å². The predicted molar refractivity (Wildman–Crippen MR) is 93.1 cm³/mol. The first-order chi connectivity index (χ1) is 12.4. The van der Waals surface area contributed by atoms with Crippen molar-refractivity contribution in [2.24, 2.45) is 11.8 Å². The molecule has 130 valence electrons. The summed E-state index contributed by atoms with van der Waals surface area (Å²) in [7, 11) is 0. The molecule has 3 saturated heterocycles. The molecule has 3 aliphatic heterocycles. The molecule has 3 fully saturated rings. The minimum atomic E-state index is -0.582. The number of amides is 2. The van der Waals surface area contributed by atoms with Crippen LogP contribution in [0, 0.1) is 23.2 Å². The van der Waals surface area contributed by atoms with E-state index in [-0.39, 0.29) is 11.8 Å². The van der Waals surface area contributed by atoms with Gasteiger partial charge in [-0.25, -0.2) is 4.90 Å². The summed E-state index contributed by atoms with van der Waals surface area (Å²) in [4.78, 5) is 32.1. The van der Waals surface area contributed by atoms with E-state index in [0.717, 1.165) is 12.8 Å². The summed E-state index contributed by atoms with van der Waals surface area (Å²) in [5.74, 6) is -1.31. The van der Waals surface area contributed by atoms with Crippen LogP contribution in [0.2, 0.25) is 0 Å². The van der Waals surface area contributed by atoms with Gasteiger partial charge >= 0.3 is 0 Å². The van der Waals surface area contributed by atoms with Crippen LogP contribution in [0.4, 0.5) is 5.69 Å². The van der Waals surface area contributed by atoms with Crippen molar-refractivity contribution in [2.75, 3.05) is 4.90 Å². The normalized spacial score (nSPS) is 35.2. The van der Waals surface area contributed by atoms with E-state index < -0.39 is 23.0 Å². The molecular formula is C20H17N3O3. The quantitative estimate of drug-likeness (QED) is 0.740.